The van der Waals surface area contributed by atoms with Gasteiger partial charge in [0.1, 0.15) is 11.5 Å². The number of carbonyl (C=O) groups excluding carboxylic acids is 1. The highest BCUT2D eigenvalue weighted by molar-refractivity contribution is 8.18. The first kappa shape index (κ1) is 20.6. The molecule has 3 aromatic rings. The van der Waals surface area contributed by atoms with Crippen LogP contribution in [0.1, 0.15) is 18.2 Å². The number of aliphatic imine (C=N–C) groups is 1. The van der Waals surface area contributed by atoms with Gasteiger partial charge in [0.2, 0.25) is 0 Å². The summed E-state index contributed by atoms with van der Waals surface area (Å²) in [7, 11) is 0. The zero-order valence-corrected chi connectivity index (χ0v) is 17.8. The quantitative estimate of drug-likeness (QED) is 0.289. The molecule has 31 heavy (non-hydrogen) atoms. The van der Waals surface area contributed by atoms with Crippen molar-refractivity contribution in [3.63, 3.8) is 0 Å². The Hall–Kier alpha value is -3.65. The van der Waals surface area contributed by atoms with Crippen molar-refractivity contribution in [3.05, 3.63) is 87.0 Å². The molecule has 0 saturated carbocycles. The number of furan rings is 1. The highest BCUT2D eigenvalue weighted by Gasteiger charge is 2.32. The zero-order chi connectivity index (χ0) is 22.0. The molecule has 1 fully saturated rings. The molecule has 0 bridgehead atoms. The number of carbonyl (C=O) groups is 1. The minimum atomic E-state index is -0.445. The Labute approximate surface area is 183 Å². The van der Waals surface area contributed by atoms with Crippen LogP contribution in [0.2, 0.25) is 0 Å². The zero-order valence-electron chi connectivity index (χ0n) is 16.9. The molecule has 2 heterocycles. The summed E-state index contributed by atoms with van der Waals surface area (Å²) in [5.74, 6) is 0.974. The summed E-state index contributed by atoms with van der Waals surface area (Å²) >= 11 is 1.31. The number of rotatable bonds is 5. The maximum absolute atomic E-state index is 12.8. The van der Waals surface area contributed by atoms with Crippen LogP contribution in [0.25, 0.3) is 17.4 Å². The van der Waals surface area contributed by atoms with Crippen molar-refractivity contribution in [1.29, 1.82) is 0 Å². The van der Waals surface area contributed by atoms with Crippen molar-refractivity contribution in [1.82, 2.24) is 4.90 Å². The van der Waals surface area contributed by atoms with Crippen LogP contribution in [0.15, 0.2) is 75.0 Å². The maximum atomic E-state index is 12.8. The minimum Gasteiger partial charge on any atom is -0.457 e. The monoisotopic (exact) mass is 433 g/mol. The summed E-state index contributed by atoms with van der Waals surface area (Å²) in [6.07, 6.45) is 1.70. The first-order chi connectivity index (χ1) is 14.9. The van der Waals surface area contributed by atoms with E-state index in [2.05, 4.69) is 4.99 Å². The van der Waals surface area contributed by atoms with Crippen LogP contribution in [0.5, 0.6) is 0 Å². The lowest BCUT2D eigenvalue weighted by molar-refractivity contribution is -0.384. The van der Waals surface area contributed by atoms with Crippen LogP contribution in [-0.2, 0) is 4.79 Å². The summed E-state index contributed by atoms with van der Waals surface area (Å²) in [5, 5.41) is 11.4. The van der Waals surface area contributed by atoms with Gasteiger partial charge in [0.25, 0.3) is 11.6 Å². The Kier molecular flexibility index (Phi) is 5.73. The topological polar surface area (TPSA) is 89.0 Å². The lowest BCUT2D eigenvalue weighted by atomic mass is 10.1. The minimum absolute atomic E-state index is 0.0191. The van der Waals surface area contributed by atoms with E-state index in [0.717, 1.165) is 16.8 Å². The second-order valence-electron chi connectivity index (χ2n) is 6.90. The van der Waals surface area contributed by atoms with Gasteiger partial charge in [0.15, 0.2) is 5.17 Å². The molecule has 0 radical (unpaired) electrons. The lowest BCUT2D eigenvalue weighted by Crippen LogP contribution is -2.28. The number of nitro groups is 1. The molecular weight excluding hydrogens is 414 g/mol. The number of non-ortho nitro benzene ring substituents is 1. The lowest BCUT2D eigenvalue weighted by Gasteiger charge is -2.11. The number of nitrogens with zero attached hydrogens (tertiary/aromatic N) is 3. The highest BCUT2D eigenvalue weighted by Crippen LogP contribution is 2.35. The number of amidine groups is 1. The fourth-order valence-corrected chi connectivity index (χ4v) is 4.10. The van der Waals surface area contributed by atoms with Gasteiger partial charge in [0, 0.05) is 30.3 Å². The number of thioether (sulfide) groups is 1. The van der Waals surface area contributed by atoms with Crippen LogP contribution < -0.4 is 0 Å². The molecule has 1 aromatic heterocycles. The van der Waals surface area contributed by atoms with Crippen molar-refractivity contribution >= 4 is 40.3 Å². The van der Waals surface area contributed by atoms with Crippen LogP contribution in [0, 0.1) is 17.0 Å². The number of nitro benzene ring substituents is 1. The van der Waals surface area contributed by atoms with Gasteiger partial charge in [-0.15, -0.1) is 0 Å². The normalized spacial score (nSPS) is 16.5. The third-order valence-electron chi connectivity index (χ3n) is 4.73. The van der Waals surface area contributed by atoms with Crippen molar-refractivity contribution in [2.24, 2.45) is 4.99 Å². The van der Waals surface area contributed by atoms with E-state index in [1.165, 1.54) is 23.9 Å². The molecule has 0 unspecified atom stereocenters. The summed E-state index contributed by atoms with van der Waals surface area (Å²) < 4.78 is 5.85. The van der Waals surface area contributed by atoms with Crippen molar-refractivity contribution in [3.8, 4) is 11.3 Å². The smallest absolute Gasteiger partial charge is 0.269 e. The van der Waals surface area contributed by atoms with Gasteiger partial charge in [-0.2, -0.15) is 0 Å². The molecule has 1 saturated heterocycles. The molecule has 1 aliphatic rings. The molecule has 7 nitrogen and oxygen atoms in total. The van der Waals surface area contributed by atoms with Gasteiger partial charge in [-0.25, -0.2) is 4.99 Å². The van der Waals surface area contributed by atoms with Crippen molar-refractivity contribution in [2.75, 3.05) is 6.54 Å². The second kappa shape index (κ2) is 8.61. The molecule has 8 heteroatoms. The number of benzene rings is 2. The molecule has 0 N–H and O–H groups in total. The van der Waals surface area contributed by atoms with Gasteiger partial charge < -0.3 is 4.42 Å². The Bertz CT molecular complexity index is 1190. The Morgan fingerprint density at radius 2 is 1.81 bits per heavy atom. The third kappa shape index (κ3) is 4.44. The second-order valence-corrected chi connectivity index (χ2v) is 7.91. The SMILES string of the molecule is CCN1C(=O)/C(=C\c2ccc(-c3ccc([N+](=O)[O-])cc3)o2)SC1=Nc1ccc(C)cc1. The van der Waals surface area contributed by atoms with Gasteiger partial charge >= 0.3 is 0 Å². The van der Waals surface area contributed by atoms with E-state index in [0.29, 0.717) is 28.1 Å². The summed E-state index contributed by atoms with van der Waals surface area (Å²) in [4.78, 5) is 30.0. The van der Waals surface area contributed by atoms with E-state index in [1.807, 2.05) is 38.1 Å². The van der Waals surface area contributed by atoms with Gasteiger partial charge in [0.05, 0.1) is 15.5 Å². The van der Waals surface area contributed by atoms with E-state index in [9.17, 15) is 14.9 Å². The molecule has 156 valence electrons. The number of amides is 1. The van der Waals surface area contributed by atoms with Crippen LogP contribution in [0.3, 0.4) is 0 Å². The number of hydrogen-bond donors (Lipinski definition) is 0. The average Bonchev–Trinajstić information content (AvgIpc) is 3.34. The molecule has 0 aliphatic carbocycles. The van der Waals surface area contributed by atoms with E-state index in [-0.39, 0.29) is 11.6 Å². The Morgan fingerprint density at radius 1 is 1.10 bits per heavy atom. The highest BCUT2D eigenvalue weighted by atomic mass is 32.2. The van der Waals surface area contributed by atoms with E-state index in [1.54, 1.807) is 35.2 Å². The molecule has 0 spiro atoms. The van der Waals surface area contributed by atoms with Crippen LogP contribution >= 0.6 is 11.8 Å². The molecule has 0 atom stereocenters. The van der Waals surface area contributed by atoms with E-state index in [4.69, 9.17) is 4.42 Å². The third-order valence-corrected chi connectivity index (χ3v) is 5.73. The molecule has 2 aromatic carbocycles. The molecule has 1 aliphatic heterocycles. The van der Waals surface area contributed by atoms with Crippen LogP contribution in [0.4, 0.5) is 11.4 Å². The number of likely N-dealkylation sites (N-methyl/N-ethyl adjacent to an activating group) is 1. The van der Waals surface area contributed by atoms with Gasteiger partial charge in [-0.3, -0.25) is 19.8 Å². The Balaban J connectivity index is 1.58. The Morgan fingerprint density at radius 3 is 2.45 bits per heavy atom. The molecular formula is C23H19N3O4S. The predicted molar refractivity (Wildman–Crippen MR) is 122 cm³/mol. The summed E-state index contributed by atoms with van der Waals surface area (Å²) in [6, 6.07) is 17.5. The summed E-state index contributed by atoms with van der Waals surface area (Å²) in [6.45, 7) is 4.43. The number of aryl methyl sites for hydroxylation is 1. The largest absolute Gasteiger partial charge is 0.457 e. The van der Waals surface area contributed by atoms with E-state index < -0.39 is 4.92 Å². The standard InChI is InChI=1S/C23H19N3O4S/c1-3-25-22(27)21(31-23(25)24-17-8-4-15(2)5-9-17)14-19-12-13-20(30-19)16-6-10-18(11-7-16)26(28)29/h4-14H,3H2,1-2H3/b21-14+,24-23?. The fraction of sp³-hybridized carbons (Fsp3) is 0.130. The van der Waals surface area contributed by atoms with Crippen LogP contribution in [-0.4, -0.2) is 27.4 Å². The van der Waals surface area contributed by atoms with E-state index >= 15 is 0 Å². The first-order valence-corrected chi connectivity index (χ1v) is 10.5. The van der Waals surface area contributed by atoms with Gasteiger partial charge in [-0.1, -0.05) is 17.7 Å². The average molecular weight is 433 g/mol. The molecule has 4 rings (SSSR count). The number of hydrogen-bond acceptors (Lipinski definition) is 6. The fourth-order valence-electron chi connectivity index (χ4n) is 3.06. The van der Waals surface area contributed by atoms with Gasteiger partial charge in [-0.05, 0) is 62.0 Å². The molecule has 1 amide bonds. The predicted octanol–water partition coefficient (Wildman–Crippen LogP) is 5.79. The van der Waals surface area contributed by atoms with Crippen molar-refractivity contribution in [2.45, 2.75) is 13.8 Å². The van der Waals surface area contributed by atoms with Crippen molar-refractivity contribution < 1.29 is 14.1 Å². The first-order valence-electron chi connectivity index (χ1n) is 9.66. The maximum Gasteiger partial charge on any atom is 0.269 e. The summed E-state index contributed by atoms with van der Waals surface area (Å²) in [5.41, 5.74) is 2.68.